The van der Waals surface area contributed by atoms with Crippen LogP contribution in [0.1, 0.15) is 42.7 Å². The zero-order chi connectivity index (χ0) is 24.5. The van der Waals surface area contributed by atoms with Gasteiger partial charge in [0.05, 0.1) is 0 Å². The van der Waals surface area contributed by atoms with Crippen molar-refractivity contribution in [1.29, 1.82) is 0 Å². The first-order valence-electron chi connectivity index (χ1n) is 11.5. The number of ketones is 1. The molecule has 0 saturated heterocycles. The fraction of sp³-hybridized carbons (Fsp3) is 0.172. The van der Waals surface area contributed by atoms with Crippen molar-refractivity contribution in [3.8, 4) is 0 Å². The molecule has 2 N–H and O–H groups in total. The highest BCUT2D eigenvalue weighted by Gasteiger charge is 2.41. The van der Waals surface area contributed by atoms with Crippen LogP contribution in [0.3, 0.4) is 0 Å². The Morgan fingerprint density at radius 3 is 2.46 bits per heavy atom. The van der Waals surface area contributed by atoms with Crippen LogP contribution >= 0.6 is 11.6 Å². The van der Waals surface area contributed by atoms with E-state index < -0.39 is 17.6 Å². The van der Waals surface area contributed by atoms with Crippen molar-refractivity contribution in [3.63, 3.8) is 0 Å². The summed E-state index contributed by atoms with van der Waals surface area (Å²) < 4.78 is 13.7. The molecule has 0 spiro atoms. The zero-order valence-corrected chi connectivity index (χ0v) is 19.9. The molecule has 1 aliphatic carbocycles. The lowest BCUT2D eigenvalue weighted by molar-refractivity contribution is -0.116. The minimum absolute atomic E-state index is 0.00105. The van der Waals surface area contributed by atoms with Gasteiger partial charge in [0.15, 0.2) is 5.78 Å². The third kappa shape index (κ3) is 4.64. The Morgan fingerprint density at radius 2 is 1.71 bits per heavy atom. The fourth-order valence-corrected chi connectivity index (χ4v) is 5.28. The predicted octanol–water partition coefficient (Wildman–Crippen LogP) is 6.48. The van der Waals surface area contributed by atoms with Crippen molar-refractivity contribution < 1.29 is 14.0 Å². The van der Waals surface area contributed by atoms with Gasteiger partial charge in [-0.1, -0.05) is 60.1 Å². The molecule has 0 fully saturated rings. The van der Waals surface area contributed by atoms with E-state index in [1.165, 1.54) is 18.2 Å². The number of rotatable bonds is 4. The lowest BCUT2D eigenvalue weighted by Crippen LogP contribution is -2.37. The van der Waals surface area contributed by atoms with Gasteiger partial charge < -0.3 is 10.6 Å². The maximum Gasteiger partial charge on any atom is 0.254 e. The number of carbonyl (C=O) groups excluding carboxylic acids is 2. The van der Waals surface area contributed by atoms with Crippen LogP contribution in [-0.4, -0.2) is 11.7 Å². The monoisotopic (exact) mass is 486 g/mol. The van der Waals surface area contributed by atoms with E-state index in [0.717, 1.165) is 16.8 Å². The Balaban J connectivity index is 1.57. The summed E-state index contributed by atoms with van der Waals surface area (Å²) in [7, 11) is 0. The molecule has 2 atom stereocenters. The van der Waals surface area contributed by atoms with Crippen molar-refractivity contribution in [2.75, 3.05) is 5.32 Å². The molecular formula is C29H24ClFN2O2. The van der Waals surface area contributed by atoms with Crippen LogP contribution in [0.5, 0.6) is 0 Å². The van der Waals surface area contributed by atoms with Gasteiger partial charge in [0.25, 0.3) is 5.91 Å². The average molecular weight is 487 g/mol. The van der Waals surface area contributed by atoms with Crippen molar-refractivity contribution in [2.24, 2.45) is 0 Å². The number of allylic oxidation sites excluding steroid dienone is 3. The van der Waals surface area contributed by atoms with Crippen molar-refractivity contribution in [3.05, 3.63) is 123 Å². The van der Waals surface area contributed by atoms with Crippen molar-refractivity contribution in [2.45, 2.75) is 31.6 Å². The van der Waals surface area contributed by atoms with Gasteiger partial charge in [-0.15, -0.1) is 0 Å². The van der Waals surface area contributed by atoms with Crippen LogP contribution in [0.15, 0.2) is 101 Å². The summed E-state index contributed by atoms with van der Waals surface area (Å²) in [5.74, 6) is -1.36. The molecule has 1 heterocycles. The van der Waals surface area contributed by atoms with Gasteiger partial charge in [-0.25, -0.2) is 4.39 Å². The number of carbonyl (C=O) groups is 2. The Labute approximate surface area is 208 Å². The van der Waals surface area contributed by atoms with Gasteiger partial charge >= 0.3 is 0 Å². The van der Waals surface area contributed by atoms with Gasteiger partial charge in [0.2, 0.25) is 0 Å². The van der Waals surface area contributed by atoms with Gasteiger partial charge in [0, 0.05) is 45.6 Å². The Hall–Kier alpha value is -3.70. The van der Waals surface area contributed by atoms with Crippen LogP contribution in [-0.2, 0) is 9.59 Å². The summed E-state index contributed by atoms with van der Waals surface area (Å²) in [5, 5.41) is 6.68. The molecule has 0 bridgehead atoms. The molecule has 176 valence electrons. The third-order valence-electron chi connectivity index (χ3n) is 6.61. The lowest BCUT2D eigenvalue weighted by Gasteiger charge is -2.37. The second-order valence-corrected chi connectivity index (χ2v) is 9.38. The number of nitrogens with one attached hydrogen (secondary N) is 2. The van der Waals surface area contributed by atoms with Gasteiger partial charge in [-0.05, 0) is 60.7 Å². The average Bonchev–Trinajstić information content (AvgIpc) is 2.83. The highest BCUT2D eigenvalue weighted by Crippen LogP contribution is 2.46. The quantitative estimate of drug-likeness (QED) is 0.443. The smallest absolute Gasteiger partial charge is 0.254 e. The van der Waals surface area contributed by atoms with Crippen LogP contribution in [0.2, 0.25) is 5.02 Å². The topological polar surface area (TPSA) is 58.2 Å². The number of dihydropyridines is 1. The minimum atomic E-state index is -0.581. The Morgan fingerprint density at radius 1 is 0.971 bits per heavy atom. The highest BCUT2D eigenvalue weighted by atomic mass is 35.5. The molecule has 1 aliphatic heterocycles. The zero-order valence-electron chi connectivity index (χ0n) is 19.1. The standard InChI is InChI=1S/C29H24ClFN2O2/c1-17-26(29(35)33-23-12-6-11-22(31)16-23)27(19-9-5-10-21(30)13-19)28-24(32-17)14-20(15-25(28)34)18-7-3-2-4-8-18/h2-13,16,20,27,32H,14-15H2,1H3,(H,33,35)/t20-,27+/m0/s1. The van der Waals surface area contributed by atoms with Gasteiger partial charge in [0.1, 0.15) is 5.82 Å². The first-order chi connectivity index (χ1) is 16.9. The molecule has 0 saturated carbocycles. The van der Waals surface area contributed by atoms with E-state index in [9.17, 15) is 14.0 Å². The van der Waals surface area contributed by atoms with Crippen LogP contribution in [0.25, 0.3) is 0 Å². The largest absolute Gasteiger partial charge is 0.362 e. The van der Waals surface area contributed by atoms with Crippen LogP contribution in [0.4, 0.5) is 10.1 Å². The number of amides is 1. The Kier molecular flexibility index (Phi) is 6.27. The van der Waals surface area contributed by atoms with E-state index in [1.54, 1.807) is 18.2 Å². The van der Waals surface area contributed by atoms with Crippen LogP contribution in [0, 0.1) is 5.82 Å². The summed E-state index contributed by atoms with van der Waals surface area (Å²) in [5.41, 5.74) is 4.73. The fourth-order valence-electron chi connectivity index (χ4n) is 5.09. The second kappa shape index (κ2) is 9.51. The van der Waals surface area contributed by atoms with Gasteiger partial charge in [-0.2, -0.15) is 0 Å². The highest BCUT2D eigenvalue weighted by molar-refractivity contribution is 6.30. The first kappa shape index (κ1) is 23.1. The third-order valence-corrected chi connectivity index (χ3v) is 6.84. The molecule has 3 aromatic rings. The number of Topliss-reactive ketones (excluding diaryl/α,β-unsaturated/α-hetero) is 1. The first-order valence-corrected chi connectivity index (χ1v) is 11.9. The van der Waals surface area contributed by atoms with E-state index in [1.807, 2.05) is 49.4 Å². The van der Waals surface area contributed by atoms with E-state index in [0.29, 0.717) is 40.4 Å². The number of anilines is 1. The minimum Gasteiger partial charge on any atom is -0.362 e. The molecule has 6 heteroatoms. The van der Waals surface area contributed by atoms with E-state index in [4.69, 9.17) is 11.6 Å². The molecule has 35 heavy (non-hydrogen) atoms. The summed E-state index contributed by atoms with van der Waals surface area (Å²) in [4.78, 5) is 27.2. The number of hydrogen-bond acceptors (Lipinski definition) is 3. The molecular weight excluding hydrogens is 463 g/mol. The van der Waals surface area contributed by atoms with Crippen LogP contribution < -0.4 is 10.6 Å². The summed E-state index contributed by atoms with van der Waals surface area (Å²) >= 11 is 6.31. The number of halogens is 2. The molecule has 4 nitrogen and oxygen atoms in total. The van der Waals surface area contributed by atoms with Crippen molar-refractivity contribution in [1.82, 2.24) is 5.32 Å². The van der Waals surface area contributed by atoms with Gasteiger partial charge in [-0.3, -0.25) is 9.59 Å². The maximum absolute atomic E-state index is 13.7. The normalized spacial score (nSPS) is 19.8. The predicted molar refractivity (Wildman–Crippen MR) is 136 cm³/mol. The molecule has 0 radical (unpaired) electrons. The second-order valence-electron chi connectivity index (χ2n) is 8.95. The molecule has 0 unspecified atom stereocenters. The molecule has 2 aliphatic rings. The Bertz CT molecular complexity index is 1380. The number of benzene rings is 3. The van der Waals surface area contributed by atoms with E-state index in [-0.39, 0.29) is 11.7 Å². The number of hydrogen-bond donors (Lipinski definition) is 2. The summed E-state index contributed by atoms with van der Waals surface area (Å²) in [6.45, 7) is 1.83. The lowest BCUT2D eigenvalue weighted by atomic mass is 9.71. The summed E-state index contributed by atoms with van der Waals surface area (Å²) in [6.07, 6.45) is 1.03. The molecule has 1 amide bonds. The summed E-state index contributed by atoms with van der Waals surface area (Å²) in [6, 6.07) is 23.0. The maximum atomic E-state index is 13.7. The molecule has 0 aromatic heterocycles. The molecule has 5 rings (SSSR count). The molecule has 3 aromatic carbocycles. The van der Waals surface area contributed by atoms with Crippen molar-refractivity contribution >= 4 is 29.0 Å². The van der Waals surface area contributed by atoms with E-state index in [2.05, 4.69) is 10.6 Å². The van der Waals surface area contributed by atoms with E-state index >= 15 is 0 Å². The SMILES string of the molecule is CC1=C(C(=O)Nc2cccc(F)c2)[C@@H](c2cccc(Cl)c2)C2=C(C[C@H](c3ccccc3)CC2=O)N1.